The summed E-state index contributed by atoms with van der Waals surface area (Å²) in [6, 6.07) is 7.44. The summed E-state index contributed by atoms with van der Waals surface area (Å²) in [7, 11) is 0. The lowest BCUT2D eigenvalue weighted by atomic mass is 9.96. The maximum Gasteiger partial charge on any atom is 0.261 e. The first-order valence-corrected chi connectivity index (χ1v) is 7.45. The number of carbonyl (C=O) groups is 1. The molecule has 1 aromatic carbocycles. The summed E-state index contributed by atoms with van der Waals surface area (Å²) in [4.78, 5) is 13.8. The molecular formula is C16H18FNO2S. The molecule has 1 atom stereocenters. The zero-order valence-corrected chi connectivity index (χ0v) is 13.1. The minimum absolute atomic E-state index is 0.0630. The van der Waals surface area contributed by atoms with Crippen molar-refractivity contribution in [3.8, 4) is 0 Å². The van der Waals surface area contributed by atoms with Crippen LogP contribution in [0.3, 0.4) is 0 Å². The largest absolute Gasteiger partial charge is 0.384 e. The van der Waals surface area contributed by atoms with Gasteiger partial charge in [-0.2, -0.15) is 0 Å². The minimum Gasteiger partial charge on any atom is -0.384 e. The van der Waals surface area contributed by atoms with Gasteiger partial charge in [0.2, 0.25) is 0 Å². The van der Waals surface area contributed by atoms with Crippen LogP contribution in [-0.4, -0.2) is 17.6 Å². The third-order valence-electron chi connectivity index (χ3n) is 3.45. The van der Waals surface area contributed by atoms with Gasteiger partial charge in [0.25, 0.3) is 5.91 Å². The third-order valence-corrected chi connectivity index (χ3v) is 4.60. The van der Waals surface area contributed by atoms with Crippen LogP contribution in [-0.2, 0) is 5.60 Å². The van der Waals surface area contributed by atoms with Gasteiger partial charge >= 0.3 is 0 Å². The van der Waals surface area contributed by atoms with E-state index in [9.17, 15) is 14.3 Å². The van der Waals surface area contributed by atoms with Crippen molar-refractivity contribution in [2.45, 2.75) is 26.4 Å². The molecule has 0 spiro atoms. The number of halogens is 1. The molecule has 0 saturated heterocycles. The Morgan fingerprint density at radius 3 is 2.48 bits per heavy atom. The highest BCUT2D eigenvalue weighted by atomic mass is 32.1. The highest BCUT2D eigenvalue weighted by molar-refractivity contribution is 7.14. The monoisotopic (exact) mass is 307 g/mol. The lowest BCUT2D eigenvalue weighted by molar-refractivity contribution is 0.0527. The molecule has 2 aromatic rings. The summed E-state index contributed by atoms with van der Waals surface area (Å²) in [5.41, 5.74) is 0.392. The maximum atomic E-state index is 12.9. The van der Waals surface area contributed by atoms with Crippen molar-refractivity contribution in [3.63, 3.8) is 0 Å². The molecule has 1 aromatic heterocycles. The van der Waals surface area contributed by atoms with E-state index in [1.165, 1.54) is 35.6 Å². The summed E-state index contributed by atoms with van der Waals surface area (Å²) in [6.45, 7) is 5.57. The van der Waals surface area contributed by atoms with Crippen LogP contribution in [0.15, 0.2) is 30.3 Å². The summed E-state index contributed by atoms with van der Waals surface area (Å²) < 4.78 is 12.9. The van der Waals surface area contributed by atoms with Crippen LogP contribution in [0.25, 0.3) is 0 Å². The molecular weight excluding hydrogens is 289 g/mol. The quantitative estimate of drug-likeness (QED) is 0.911. The van der Waals surface area contributed by atoms with E-state index in [1.807, 2.05) is 19.9 Å². The second-order valence-corrected chi connectivity index (χ2v) is 6.57. The van der Waals surface area contributed by atoms with Crippen LogP contribution >= 0.6 is 11.3 Å². The lowest BCUT2D eigenvalue weighted by Gasteiger charge is -2.24. The Morgan fingerprint density at radius 1 is 1.33 bits per heavy atom. The van der Waals surface area contributed by atoms with Crippen LogP contribution in [0, 0.1) is 19.7 Å². The minimum atomic E-state index is -1.25. The number of amides is 1. The summed E-state index contributed by atoms with van der Waals surface area (Å²) >= 11 is 1.43. The first kappa shape index (κ1) is 15.7. The molecule has 1 unspecified atom stereocenters. The molecule has 112 valence electrons. The fraction of sp³-hybridized carbons (Fsp3) is 0.312. The molecule has 0 bridgehead atoms. The molecule has 0 aliphatic rings. The number of carbonyl (C=O) groups excluding carboxylic acids is 1. The van der Waals surface area contributed by atoms with Gasteiger partial charge in [-0.05, 0) is 50.1 Å². The average Bonchev–Trinajstić information content (AvgIpc) is 2.77. The van der Waals surface area contributed by atoms with Gasteiger partial charge in [-0.3, -0.25) is 4.79 Å². The van der Waals surface area contributed by atoms with E-state index in [0.29, 0.717) is 10.4 Å². The fourth-order valence-electron chi connectivity index (χ4n) is 1.94. The molecule has 0 aliphatic carbocycles. The van der Waals surface area contributed by atoms with Gasteiger partial charge in [-0.1, -0.05) is 12.1 Å². The topological polar surface area (TPSA) is 49.3 Å². The Kier molecular flexibility index (Phi) is 4.44. The van der Waals surface area contributed by atoms with Gasteiger partial charge in [0.1, 0.15) is 11.4 Å². The number of hydrogen-bond acceptors (Lipinski definition) is 3. The van der Waals surface area contributed by atoms with Crippen molar-refractivity contribution in [1.29, 1.82) is 0 Å². The standard InChI is InChI=1S/C16H18FNO2S/c1-10-8-14(21-11(10)2)15(19)18-9-16(3,20)12-4-6-13(17)7-5-12/h4-8,20H,9H2,1-3H3,(H,18,19). The second kappa shape index (κ2) is 5.95. The molecule has 21 heavy (non-hydrogen) atoms. The second-order valence-electron chi connectivity index (χ2n) is 5.31. The normalized spacial score (nSPS) is 13.8. The molecule has 3 nitrogen and oxygen atoms in total. The number of thiophene rings is 1. The van der Waals surface area contributed by atoms with E-state index in [0.717, 1.165) is 10.4 Å². The number of nitrogens with one attached hydrogen (secondary N) is 1. The van der Waals surface area contributed by atoms with E-state index >= 15 is 0 Å². The van der Waals surface area contributed by atoms with Crippen molar-refractivity contribution >= 4 is 17.2 Å². The molecule has 5 heteroatoms. The van der Waals surface area contributed by atoms with Crippen molar-refractivity contribution < 1.29 is 14.3 Å². The molecule has 2 N–H and O–H groups in total. The van der Waals surface area contributed by atoms with Crippen LogP contribution in [0.4, 0.5) is 4.39 Å². The van der Waals surface area contributed by atoms with Gasteiger partial charge in [0.05, 0.1) is 11.4 Å². The number of aliphatic hydroxyl groups is 1. The van der Waals surface area contributed by atoms with Crippen molar-refractivity contribution in [3.05, 3.63) is 57.0 Å². The van der Waals surface area contributed by atoms with Crippen molar-refractivity contribution in [2.24, 2.45) is 0 Å². The Balaban J connectivity index is 2.04. The van der Waals surface area contributed by atoms with E-state index in [2.05, 4.69) is 5.32 Å². The molecule has 1 heterocycles. The molecule has 0 saturated carbocycles. The smallest absolute Gasteiger partial charge is 0.261 e. The van der Waals surface area contributed by atoms with Crippen LogP contribution in [0.1, 0.15) is 32.6 Å². The van der Waals surface area contributed by atoms with Gasteiger partial charge < -0.3 is 10.4 Å². The summed E-state index contributed by atoms with van der Waals surface area (Å²) in [6.07, 6.45) is 0. The lowest BCUT2D eigenvalue weighted by Crippen LogP contribution is -2.38. The number of aryl methyl sites for hydroxylation is 2. The van der Waals surface area contributed by atoms with E-state index in [1.54, 1.807) is 6.92 Å². The molecule has 0 aliphatic heterocycles. The van der Waals surface area contributed by atoms with Gasteiger partial charge in [0.15, 0.2) is 0 Å². The maximum absolute atomic E-state index is 12.9. The Labute approximate surface area is 127 Å². The SMILES string of the molecule is Cc1cc(C(=O)NCC(C)(O)c2ccc(F)cc2)sc1C. The zero-order valence-electron chi connectivity index (χ0n) is 12.2. The van der Waals surface area contributed by atoms with Crippen LogP contribution in [0.2, 0.25) is 0 Å². The number of rotatable bonds is 4. The first-order chi connectivity index (χ1) is 9.79. The van der Waals surface area contributed by atoms with Crippen LogP contribution < -0.4 is 5.32 Å². The molecule has 0 radical (unpaired) electrons. The Morgan fingerprint density at radius 2 is 1.95 bits per heavy atom. The highest BCUT2D eigenvalue weighted by Gasteiger charge is 2.24. The van der Waals surface area contributed by atoms with Crippen LogP contribution in [0.5, 0.6) is 0 Å². The Bertz CT molecular complexity index is 627. The predicted molar refractivity (Wildman–Crippen MR) is 82.1 cm³/mol. The predicted octanol–water partition coefficient (Wildman–Crippen LogP) is 3.14. The number of benzene rings is 1. The zero-order chi connectivity index (χ0) is 15.6. The Hall–Kier alpha value is -1.72. The first-order valence-electron chi connectivity index (χ1n) is 6.63. The average molecular weight is 307 g/mol. The fourth-order valence-corrected chi connectivity index (χ4v) is 2.89. The van der Waals surface area contributed by atoms with Gasteiger partial charge in [-0.25, -0.2) is 4.39 Å². The van der Waals surface area contributed by atoms with Crippen molar-refractivity contribution in [1.82, 2.24) is 5.32 Å². The van der Waals surface area contributed by atoms with Crippen molar-refractivity contribution in [2.75, 3.05) is 6.54 Å². The number of hydrogen-bond donors (Lipinski definition) is 2. The third kappa shape index (κ3) is 3.68. The van der Waals surface area contributed by atoms with E-state index in [4.69, 9.17) is 0 Å². The van der Waals surface area contributed by atoms with Gasteiger partial charge in [0, 0.05) is 4.88 Å². The molecule has 2 rings (SSSR count). The summed E-state index contributed by atoms with van der Waals surface area (Å²) in [5, 5.41) is 13.1. The van der Waals surface area contributed by atoms with E-state index in [-0.39, 0.29) is 18.3 Å². The van der Waals surface area contributed by atoms with E-state index < -0.39 is 5.60 Å². The molecule has 0 fully saturated rings. The summed E-state index contributed by atoms with van der Waals surface area (Å²) in [5.74, 6) is -0.568. The molecule has 1 amide bonds. The van der Waals surface area contributed by atoms with Gasteiger partial charge in [-0.15, -0.1) is 11.3 Å². The highest BCUT2D eigenvalue weighted by Crippen LogP contribution is 2.22.